The zero-order valence-electron chi connectivity index (χ0n) is 7.51. The molecule has 0 aliphatic rings. The van der Waals surface area contributed by atoms with Gasteiger partial charge < -0.3 is 5.11 Å². The van der Waals surface area contributed by atoms with Gasteiger partial charge in [0.25, 0.3) is 12.1 Å². The molecule has 0 saturated heterocycles. The van der Waals surface area contributed by atoms with Gasteiger partial charge in [0.05, 0.1) is 6.61 Å². The van der Waals surface area contributed by atoms with Crippen LogP contribution in [0, 0.1) is 0 Å². The molecule has 0 saturated carbocycles. The Kier molecular flexibility index (Phi) is 3.99. The Bertz CT molecular complexity index is 269. The molecule has 0 heterocycles. The summed E-state index contributed by atoms with van der Waals surface area (Å²) in [5, 5.41) is 7.90. The topological polar surface area (TPSA) is 20.2 Å². The van der Waals surface area contributed by atoms with Gasteiger partial charge in [-0.25, -0.2) is 17.6 Å². The molecule has 1 nitrogen and oxygen atoms in total. The highest BCUT2D eigenvalue weighted by atomic mass is 19.4. The van der Waals surface area contributed by atoms with Crippen LogP contribution in [0.25, 0.3) is 0 Å². The number of hydrogen-bond acceptors (Lipinski definition) is 1. The summed E-state index contributed by atoms with van der Waals surface area (Å²) < 4.78 is 121. The maximum atomic E-state index is 12.9. The van der Waals surface area contributed by atoms with Gasteiger partial charge in [0.1, 0.15) is 0 Å². The van der Waals surface area contributed by atoms with E-state index in [2.05, 4.69) is 0 Å². The van der Waals surface area contributed by atoms with Crippen molar-refractivity contribution in [3.05, 3.63) is 0 Å². The maximum absolute atomic E-state index is 12.9. The predicted molar refractivity (Wildman–Crippen MR) is 32.9 cm³/mol. The van der Waals surface area contributed by atoms with Crippen LogP contribution in [0.4, 0.5) is 43.9 Å². The van der Waals surface area contributed by atoms with Crippen LogP contribution >= 0.6 is 0 Å². The Balaban J connectivity index is 5.95. The number of aliphatic hydroxyl groups excluding tert-OH is 1. The summed E-state index contributed by atoms with van der Waals surface area (Å²) >= 11 is 0. The molecule has 2 unspecified atom stereocenters. The maximum Gasteiger partial charge on any atom is 0.431 e. The summed E-state index contributed by atoms with van der Waals surface area (Å²) in [4.78, 5) is 0. The lowest BCUT2D eigenvalue weighted by molar-refractivity contribution is -0.373. The molecule has 2 atom stereocenters. The minimum Gasteiger partial charge on any atom is -0.393 e. The average molecular weight is 282 g/mol. The number of halogens is 10. The highest BCUT2D eigenvalue weighted by molar-refractivity contribution is 5.11. The van der Waals surface area contributed by atoms with E-state index in [0.29, 0.717) is 0 Å². The normalized spacial score (nSPS) is 21.2. The number of rotatable bonds is 3. The van der Waals surface area contributed by atoms with E-state index in [9.17, 15) is 43.9 Å². The first-order chi connectivity index (χ1) is 7.25. The second kappa shape index (κ2) is 4.18. The minimum atomic E-state index is -6.85. The first-order valence-electron chi connectivity index (χ1n) is 3.66. The zero-order valence-corrected chi connectivity index (χ0v) is 7.51. The van der Waals surface area contributed by atoms with Crippen molar-refractivity contribution in [3.8, 4) is 0 Å². The van der Waals surface area contributed by atoms with E-state index >= 15 is 0 Å². The number of aliphatic hydroxyl groups is 1. The predicted octanol–water partition coefficient (Wildman–Crippen LogP) is 2.79. The highest BCUT2D eigenvalue weighted by Gasteiger charge is 2.83. The standard InChI is InChI=1S/C6H4F10O/c7-2(8)4(10,6(14,15)16)3(9,1-17)5(11,12)13/h2,17H,1H2. The van der Waals surface area contributed by atoms with Crippen LogP contribution in [0.3, 0.4) is 0 Å². The summed E-state index contributed by atoms with van der Waals surface area (Å²) in [6.45, 7) is -3.13. The third-order valence-electron chi connectivity index (χ3n) is 1.96. The lowest BCUT2D eigenvalue weighted by atomic mass is 9.85. The molecular weight excluding hydrogens is 278 g/mol. The Morgan fingerprint density at radius 1 is 0.765 bits per heavy atom. The summed E-state index contributed by atoms with van der Waals surface area (Å²) in [5.74, 6) is 0. The van der Waals surface area contributed by atoms with E-state index in [1.165, 1.54) is 0 Å². The van der Waals surface area contributed by atoms with Gasteiger partial charge in [-0.2, -0.15) is 26.3 Å². The van der Waals surface area contributed by atoms with Gasteiger partial charge in [0.2, 0.25) is 0 Å². The molecule has 1 N–H and O–H groups in total. The van der Waals surface area contributed by atoms with Crippen LogP contribution in [-0.4, -0.2) is 41.8 Å². The number of hydrogen-bond donors (Lipinski definition) is 1. The molecule has 0 radical (unpaired) electrons. The van der Waals surface area contributed by atoms with Crippen molar-refractivity contribution in [1.82, 2.24) is 0 Å². The average Bonchev–Trinajstić information content (AvgIpc) is 2.11. The third-order valence-corrected chi connectivity index (χ3v) is 1.96. The zero-order chi connectivity index (χ0) is 14.3. The molecule has 17 heavy (non-hydrogen) atoms. The van der Waals surface area contributed by atoms with E-state index < -0.39 is 36.7 Å². The fraction of sp³-hybridized carbons (Fsp3) is 1.00. The van der Waals surface area contributed by atoms with Crippen LogP contribution in [0.1, 0.15) is 0 Å². The Morgan fingerprint density at radius 3 is 1.18 bits per heavy atom. The molecule has 0 aromatic carbocycles. The molecule has 0 aliphatic carbocycles. The Morgan fingerprint density at radius 2 is 1.12 bits per heavy atom. The molecule has 0 aromatic rings. The molecule has 0 aliphatic heterocycles. The van der Waals surface area contributed by atoms with Crippen LogP contribution in [-0.2, 0) is 0 Å². The van der Waals surface area contributed by atoms with Crippen LogP contribution in [0.2, 0.25) is 0 Å². The number of alkyl halides is 10. The first kappa shape index (κ1) is 16.3. The fourth-order valence-electron chi connectivity index (χ4n) is 0.932. The second-order valence-corrected chi connectivity index (χ2v) is 2.97. The van der Waals surface area contributed by atoms with Crippen molar-refractivity contribution in [1.29, 1.82) is 0 Å². The van der Waals surface area contributed by atoms with Crippen molar-refractivity contribution in [2.24, 2.45) is 0 Å². The van der Waals surface area contributed by atoms with Crippen LogP contribution in [0.5, 0.6) is 0 Å². The first-order valence-corrected chi connectivity index (χ1v) is 3.66. The van der Waals surface area contributed by atoms with E-state index in [1.54, 1.807) is 0 Å². The largest absolute Gasteiger partial charge is 0.431 e. The van der Waals surface area contributed by atoms with E-state index in [0.717, 1.165) is 0 Å². The molecule has 0 bridgehead atoms. The van der Waals surface area contributed by atoms with Crippen molar-refractivity contribution in [2.75, 3.05) is 6.61 Å². The SMILES string of the molecule is OCC(F)(C(F)(F)F)C(F)(C(F)F)C(F)(F)F. The van der Waals surface area contributed by atoms with Gasteiger partial charge in [-0.1, -0.05) is 0 Å². The molecule has 0 aromatic heterocycles. The van der Waals surface area contributed by atoms with Gasteiger partial charge in [0.15, 0.2) is 0 Å². The second-order valence-electron chi connectivity index (χ2n) is 2.97. The highest BCUT2D eigenvalue weighted by Crippen LogP contribution is 2.54. The fourth-order valence-corrected chi connectivity index (χ4v) is 0.932. The van der Waals surface area contributed by atoms with Gasteiger partial charge in [-0.3, -0.25) is 0 Å². The quantitative estimate of drug-likeness (QED) is 0.789. The van der Waals surface area contributed by atoms with Gasteiger partial charge in [-0.05, 0) is 0 Å². The molecule has 104 valence electrons. The van der Waals surface area contributed by atoms with Crippen molar-refractivity contribution in [2.45, 2.75) is 30.1 Å². The summed E-state index contributed by atoms with van der Waals surface area (Å²) in [7, 11) is 0. The molecule has 0 fully saturated rings. The van der Waals surface area contributed by atoms with Gasteiger partial charge >= 0.3 is 18.0 Å². The Hall–Kier alpha value is -0.740. The van der Waals surface area contributed by atoms with E-state index in [-0.39, 0.29) is 0 Å². The summed E-state index contributed by atoms with van der Waals surface area (Å²) in [6, 6.07) is 0. The third kappa shape index (κ3) is 2.16. The Labute approximate surface area is 87.0 Å². The monoisotopic (exact) mass is 282 g/mol. The van der Waals surface area contributed by atoms with Crippen molar-refractivity contribution in [3.63, 3.8) is 0 Å². The molecular formula is C6H4F10O. The van der Waals surface area contributed by atoms with Crippen molar-refractivity contribution < 1.29 is 49.0 Å². The summed E-state index contributed by atoms with van der Waals surface area (Å²) in [5.41, 5.74) is -12.7. The van der Waals surface area contributed by atoms with Gasteiger partial charge in [0, 0.05) is 0 Å². The van der Waals surface area contributed by atoms with Crippen LogP contribution in [0.15, 0.2) is 0 Å². The molecule has 0 spiro atoms. The lowest BCUT2D eigenvalue weighted by Gasteiger charge is -2.39. The van der Waals surface area contributed by atoms with Crippen molar-refractivity contribution >= 4 is 0 Å². The van der Waals surface area contributed by atoms with Gasteiger partial charge in [-0.15, -0.1) is 0 Å². The molecule has 0 rings (SSSR count). The smallest absolute Gasteiger partial charge is 0.393 e. The lowest BCUT2D eigenvalue weighted by Crippen LogP contribution is -2.69. The molecule has 11 heteroatoms. The van der Waals surface area contributed by atoms with E-state index in [4.69, 9.17) is 5.11 Å². The van der Waals surface area contributed by atoms with E-state index in [1.807, 2.05) is 0 Å². The molecule has 0 amide bonds. The van der Waals surface area contributed by atoms with Crippen LogP contribution < -0.4 is 0 Å². The minimum absolute atomic E-state index is 3.13. The summed E-state index contributed by atoms with van der Waals surface area (Å²) in [6.07, 6.45) is -18.9.